The summed E-state index contributed by atoms with van der Waals surface area (Å²) in [6.07, 6.45) is 0. The van der Waals surface area contributed by atoms with Crippen molar-refractivity contribution < 1.29 is 18.3 Å². The van der Waals surface area contributed by atoms with E-state index in [4.69, 9.17) is 4.74 Å². The van der Waals surface area contributed by atoms with Crippen molar-refractivity contribution in [1.29, 1.82) is 0 Å². The van der Waals surface area contributed by atoms with E-state index in [-0.39, 0.29) is 5.56 Å². The fourth-order valence-electron chi connectivity index (χ4n) is 2.04. The van der Waals surface area contributed by atoms with Gasteiger partial charge in [-0.05, 0) is 26.0 Å². The van der Waals surface area contributed by atoms with Gasteiger partial charge >= 0.3 is 0 Å². The normalized spacial score (nSPS) is 18.8. The minimum Gasteiger partial charge on any atom is -0.377 e. The Morgan fingerprint density at radius 2 is 2.11 bits per heavy atom. The van der Waals surface area contributed by atoms with Gasteiger partial charge in [0.1, 0.15) is 11.6 Å². The largest absolute Gasteiger partial charge is 0.377 e. The van der Waals surface area contributed by atoms with Crippen LogP contribution in [0.15, 0.2) is 18.2 Å². The Morgan fingerprint density at radius 1 is 1.39 bits per heavy atom. The quantitative estimate of drug-likeness (QED) is 0.770. The highest BCUT2D eigenvalue weighted by Crippen LogP contribution is 2.23. The van der Waals surface area contributed by atoms with Crippen molar-refractivity contribution >= 4 is 5.91 Å². The SMILES string of the molecule is CC1(C)COCCN1C(=O)c1ccc(F)cc1F. The molecule has 0 radical (unpaired) electrons. The fraction of sp³-hybridized carbons (Fsp3) is 0.462. The molecule has 2 rings (SSSR count). The van der Waals surface area contributed by atoms with Gasteiger partial charge in [0.2, 0.25) is 0 Å². The van der Waals surface area contributed by atoms with Gasteiger partial charge in [-0.1, -0.05) is 0 Å². The molecule has 0 saturated carbocycles. The van der Waals surface area contributed by atoms with Crippen LogP contribution in [-0.4, -0.2) is 36.1 Å². The third-order valence-corrected chi connectivity index (χ3v) is 3.05. The van der Waals surface area contributed by atoms with Gasteiger partial charge < -0.3 is 9.64 Å². The maximum absolute atomic E-state index is 13.6. The van der Waals surface area contributed by atoms with E-state index in [1.54, 1.807) is 4.90 Å². The molecule has 1 fully saturated rings. The number of hydrogen-bond acceptors (Lipinski definition) is 2. The third kappa shape index (κ3) is 2.36. The Kier molecular flexibility index (Phi) is 3.34. The standard InChI is InChI=1S/C13H15F2NO2/c1-13(2)8-18-6-5-16(13)12(17)10-4-3-9(14)7-11(10)15/h3-4,7H,5-6,8H2,1-2H3. The third-order valence-electron chi connectivity index (χ3n) is 3.05. The summed E-state index contributed by atoms with van der Waals surface area (Å²) >= 11 is 0. The number of nitrogens with zero attached hydrogens (tertiary/aromatic N) is 1. The highest BCUT2D eigenvalue weighted by Gasteiger charge is 2.35. The minimum absolute atomic E-state index is 0.105. The molecule has 1 saturated heterocycles. The molecule has 1 aliphatic heterocycles. The molecule has 0 N–H and O–H groups in total. The van der Waals surface area contributed by atoms with Crippen molar-refractivity contribution in [2.75, 3.05) is 19.8 Å². The monoisotopic (exact) mass is 255 g/mol. The molecule has 0 aliphatic carbocycles. The molecular formula is C13H15F2NO2. The number of carbonyl (C=O) groups excluding carboxylic acids is 1. The van der Waals surface area contributed by atoms with E-state index in [9.17, 15) is 13.6 Å². The first-order chi connectivity index (χ1) is 8.42. The number of carbonyl (C=O) groups is 1. The molecule has 1 amide bonds. The molecule has 98 valence electrons. The highest BCUT2D eigenvalue weighted by atomic mass is 19.1. The van der Waals surface area contributed by atoms with Crippen LogP contribution < -0.4 is 0 Å². The molecule has 0 unspecified atom stereocenters. The first kappa shape index (κ1) is 13.0. The summed E-state index contributed by atoms with van der Waals surface area (Å²) in [7, 11) is 0. The summed E-state index contributed by atoms with van der Waals surface area (Å²) in [5.74, 6) is -1.95. The summed E-state index contributed by atoms with van der Waals surface area (Å²) in [5, 5.41) is 0. The van der Waals surface area contributed by atoms with Crippen LogP contribution in [0.3, 0.4) is 0 Å². The Balaban J connectivity index is 2.30. The predicted molar refractivity (Wildman–Crippen MR) is 62.3 cm³/mol. The predicted octanol–water partition coefficient (Wildman–Crippen LogP) is 2.22. The number of halogens is 2. The lowest BCUT2D eigenvalue weighted by molar-refractivity contribution is -0.0372. The summed E-state index contributed by atoms with van der Waals surface area (Å²) in [5.41, 5.74) is -0.595. The average Bonchev–Trinajstić information content (AvgIpc) is 2.27. The molecule has 0 spiro atoms. The zero-order valence-electron chi connectivity index (χ0n) is 10.4. The lowest BCUT2D eigenvalue weighted by Gasteiger charge is -2.42. The molecule has 5 heteroatoms. The second kappa shape index (κ2) is 4.65. The van der Waals surface area contributed by atoms with Crippen molar-refractivity contribution in [3.05, 3.63) is 35.4 Å². The van der Waals surface area contributed by atoms with Crippen LogP contribution in [0, 0.1) is 11.6 Å². The molecule has 1 aromatic rings. The molecule has 1 aromatic carbocycles. The van der Waals surface area contributed by atoms with Crippen LogP contribution in [0.25, 0.3) is 0 Å². The van der Waals surface area contributed by atoms with Crippen molar-refractivity contribution in [3.8, 4) is 0 Å². The number of rotatable bonds is 1. The van der Waals surface area contributed by atoms with E-state index in [0.29, 0.717) is 19.8 Å². The van der Waals surface area contributed by atoms with E-state index < -0.39 is 23.1 Å². The summed E-state index contributed by atoms with van der Waals surface area (Å²) in [4.78, 5) is 13.8. The van der Waals surface area contributed by atoms with Gasteiger partial charge in [0.05, 0.1) is 24.3 Å². The topological polar surface area (TPSA) is 29.5 Å². The summed E-state index contributed by atoms with van der Waals surface area (Å²) in [6, 6.07) is 2.99. The van der Waals surface area contributed by atoms with Crippen LogP contribution in [-0.2, 0) is 4.74 Å². The molecule has 1 heterocycles. The van der Waals surface area contributed by atoms with Gasteiger partial charge in [-0.3, -0.25) is 4.79 Å². The lowest BCUT2D eigenvalue weighted by Crippen LogP contribution is -2.55. The zero-order chi connectivity index (χ0) is 13.3. The maximum Gasteiger partial charge on any atom is 0.257 e. The van der Waals surface area contributed by atoms with Crippen molar-refractivity contribution in [1.82, 2.24) is 4.90 Å². The maximum atomic E-state index is 13.6. The van der Waals surface area contributed by atoms with Gasteiger partial charge in [-0.2, -0.15) is 0 Å². The van der Waals surface area contributed by atoms with Crippen LogP contribution in [0.1, 0.15) is 24.2 Å². The molecule has 18 heavy (non-hydrogen) atoms. The van der Waals surface area contributed by atoms with Gasteiger partial charge in [-0.25, -0.2) is 8.78 Å². The van der Waals surface area contributed by atoms with Crippen LogP contribution >= 0.6 is 0 Å². The van der Waals surface area contributed by atoms with Crippen LogP contribution in [0.4, 0.5) is 8.78 Å². The summed E-state index contributed by atoms with van der Waals surface area (Å²) in [6.45, 7) is 4.94. The van der Waals surface area contributed by atoms with E-state index in [1.165, 1.54) is 6.07 Å². The smallest absolute Gasteiger partial charge is 0.257 e. The van der Waals surface area contributed by atoms with Crippen LogP contribution in [0.2, 0.25) is 0 Å². The number of hydrogen-bond donors (Lipinski definition) is 0. The van der Waals surface area contributed by atoms with Crippen molar-refractivity contribution in [2.45, 2.75) is 19.4 Å². The first-order valence-corrected chi connectivity index (χ1v) is 5.76. The second-order valence-corrected chi connectivity index (χ2v) is 4.95. The van der Waals surface area contributed by atoms with Crippen molar-refractivity contribution in [3.63, 3.8) is 0 Å². The Hall–Kier alpha value is -1.49. The Labute approximate surface area is 104 Å². The van der Waals surface area contributed by atoms with Gasteiger partial charge in [-0.15, -0.1) is 0 Å². The fourth-order valence-corrected chi connectivity index (χ4v) is 2.04. The van der Waals surface area contributed by atoms with E-state index >= 15 is 0 Å². The van der Waals surface area contributed by atoms with Gasteiger partial charge in [0.25, 0.3) is 5.91 Å². The molecular weight excluding hydrogens is 240 g/mol. The Bertz CT molecular complexity index is 474. The number of benzene rings is 1. The first-order valence-electron chi connectivity index (χ1n) is 5.76. The van der Waals surface area contributed by atoms with E-state index in [1.807, 2.05) is 13.8 Å². The average molecular weight is 255 g/mol. The minimum atomic E-state index is -0.831. The van der Waals surface area contributed by atoms with Crippen LogP contribution in [0.5, 0.6) is 0 Å². The molecule has 0 aromatic heterocycles. The van der Waals surface area contributed by atoms with Gasteiger partial charge in [0, 0.05) is 12.6 Å². The van der Waals surface area contributed by atoms with E-state index in [0.717, 1.165) is 12.1 Å². The van der Waals surface area contributed by atoms with Gasteiger partial charge in [0.15, 0.2) is 0 Å². The molecule has 1 aliphatic rings. The number of ether oxygens (including phenoxy) is 1. The highest BCUT2D eigenvalue weighted by molar-refractivity contribution is 5.95. The zero-order valence-corrected chi connectivity index (χ0v) is 10.4. The molecule has 0 bridgehead atoms. The Morgan fingerprint density at radius 3 is 2.72 bits per heavy atom. The molecule has 0 atom stereocenters. The van der Waals surface area contributed by atoms with Crippen molar-refractivity contribution in [2.24, 2.45) is 0 Å². The number of amides is 1. The summed E-state index contributed by atoms with van der Waals surface area (Å²) < 4.78 is 31.7. The second-order valence-electron chi connectivity index (χ2n) is 4.95. The van der Waals surface area contributed by atoms with E-state index in [2.05, 4.69) is 0 Å². The number of morpholine rings is 1. The lowest BCUT2D eigenvalue weighted by atomic mass is 10.0. The molecule has 3 nitrogen and oxygen atoms in total.